The lowest BCUT2D eigenvalue weighted by molar-refractivity contribution is 0.354. The van der Waals surface area contributed by atoms with Crippen LogP contribution in [0.4, 0.5) is 0 Å². The molecule has 0 radical (unpaired) electrons. The first-order valence-corrected chi connectivity index (χ1v) is 7.68. The van der Waals surface area contributed by atoms with Crippen molar-refractivity contribution in [3.8, 4) is 11.5 Å². The van der Waals surface area contributed by atoms with Crippen LogP contribution in [-0.2, 0) is 13.1 Å². The van der Waals surface area contributed by atoms with E-state index in [9.17, 15) is 0 Å². The zero-order valence-electron chi connectivity index (χ0n) is 14.8. The van der Waals surface area contributed by atoms with E-state index in [-0.39, 0.29) is 24.0 Å². The molecule has 1 aromatic heterocycles. The first-order chi connectivity index (χ1) is 11.7. The van der Waals surface area contributed by atoms with Gasteiger partial charge in [0.2, 0.25) is 5.89 Å². The van der Waals surface area contributed by atoms with Crippen LogP contribution in [0.15, 0.2) is 27.7 Å². The summed E-state index contributed by atoms with van der Waals surface area (Å²) in [6, 6.07) is 5.73. The van der Waals surface area contributed by atoms with Gasteiger partial charge in [-0.05, 0) is 31.5 Å². The standard InChI is InChI=1S/C16H23N5O3.HI/c1-5-17-16(19-10-15-20-11(2)21-24-15)18-9-12-6-7-13(22-3)14(8-12)23-4;/h6-8H,5,9-10H2,1-4H3,(H2,17,18,19);1H. The summed E-state index contributed by atoms with van der Waals surface area (Å²) in [5, 5.41) is 10.1. The minimum Gasteiger partial charge on any atom is -0.493 e. The Morgan fingerprint density at radius 1 is 1.20 bits per heavy atom. The molecular formula is C16H24IN5O3. The summed E-state index contributed by atoms with van der Waals surface area (Å²) in [6.07, 6.45) is 0. The van der Waals surface area contributed by atoms with Gasteiger partial charge in [0.15, 0.2) is 23.3 Å². The van der Waals surface area contributed by atoms with E-state index in [1.807, 2.05) is 25.1 Å². The molecular weight excluding hydrogens is 437 g/mol. The van der Waals surface area contributed by atoms with Crippen LogP contribution in [0.5, 0.6) is 11.5 Å². The lowest BCUT2D eigenvalue weighted by Crippen LogP contribution is -2.36. The van der Waals surface area contributed by atoms with Crippen LogP contribution >= 0.6 is 24.0 Å². The van der Waals surface area contributed by atoms with E-state index in [4.69, 9.17) is 14.0 Å². The molecule has 0 fully saturated rings. The van der Waals surface area contributed by atoms with Gasteiger partial charge in [0.1, 0.15) is 0 Å². The highest BCUT2D eigenvalue weighted by Crippen LogP contribution is 2.27. The van der Waals surface area contributed by atoms with Crippen LogP contribution in [0, 0.1) is 6.92 Å². The fourth-order valence-electron chi connectivity index (χ4n) is 2.06. The summed E-state index contributed by atoms with van der Waals surface area (Å²) in [7, 11) is 3.23. The maximum Gasteiger partial charge on any atom is 0.246 e. The third kappa shape index (κ3) is 6.40. The van der Waals surface area contributed by atoms with E-state index in [1.54, 1.807) is 21.1 Å². The SMILES string of the molecule is CCNC(=NCc1ccc(OC)c(OC)c1)NCc1nc(C)no1.I. The van der Waals surface area contributed by atoms with Crippen LogP contribution < -0.4 is 20.1 Å². The molecule has 0 bridgehead atoms. The Morgan fingerprint density at radius 2 is 1.96 bits per heavy atom. The number of ether oxygens (including phenoxy) is 2. The number of hydrogen-bond donors (Lipinski definition) is 2. The second kappa shape index (κ2) is 10.7. The summed E-state index contributed by atoms with van der Waals surface area (Å²) < 4.78 is 15.6. The Hall–Kier alpha value is -2.04. The van der Waals surface area contributed by atoms with Crippen LogP contribution in [-0.4, -0.2) is 36.9 Å². The fraction of sp³-hybridized carbons (Fsp3) is 0.438. The van der Waals surface area contributed by atoms with Crippen LogP contribution in [0.25, 0.3) is 0 Å². The van der Waals surface area contributed by atoms with Gasteiger partial charge >= 0.3 is 0 Å². The van der Waals surface area contributed by atoms with Gasteiger partial charge in [-0.2, -0.15) is 4.98 Å². The van der Waals surface area contributed by atoms with Crippen molar-refractivity contribution >= 4 is 29.9 Å². The number of methoxy groups -OCH3 is 2. The zero-order valence-corrected chi connectivity index (χ0v) is 17.2. The monoisotopic (exact) mass is 461 g/mol. The minimum absolute atomic E-state index is 0. The van der Waals surface area contributed by atoms with Gasteiger partial charge in [0, 0.05) is 6.54 Å². The van der Waals surface area contributed by atoms with Gasteiger partial charge in [0.05, 0.1) is 27.3 Å². The third-order valence-electron chi connectivity index (χ3n) is 3.19. The van der Waals surface area contributed by atoms with E-state index in [0.29, 0.717) is 42.3 Å². The van der Waals surface area contributed by atoms with E-state index in [0.717, 1.165) is 12.1 Å². The molecule has 25 heavy (non-hydrogen) atoms. The first kappa shape index (κ1) is 21.0. The van der Waals surface area contributed by atoms with E-state index in [1.165, 1.54) is 0 Å². The van der Waals surface area contributed by atoms with Crippen molar-refractivity contribution in [3.63, 3.8) is 0 Å². The molecule has 0 saturated heterocycles. The lowest BCUT2D eigenvalue weighted by atomic mass is 10.2. The number of hydrogen-bond acceptors (Lipinski definition) is 6. The summed E-state index contributed by atoms with van der Waals surface area (Å²) in [6.45, 7) is 5.45. The van der Waals surface area contributed by atoms with Crippen molar-refractivity contribution in [1.29, 1.82) is 0 Å². The van der Waals surface area contributed by atoms with Gasteiger partial charge in [-0.3, -0.25) is 0 Å². The normalized spacial score (nSPS) is 10.8. The second-order valence-corrected chi connectivity index (χ2v) is 4.97. The number of benzene rings is 1. The molecule has 0 aliphatic rings. The molecule has 0 amide bonds. The van der Waals surface area contributed by atoms with Gasteiger partial charge < -0.3 is 24.6 Å². The number of aliphatic imine (C=N–C) groups is 1. The molecule has 0 aliphatic carbocycles. The highest BCUT2D eigenvalue weighted by molar-refractivity contribution is 14.0. The Kier molecular flexibility index (Phi) is 9.03. The highest BCUT2D eigenvalue weighted by atomic mass is 127. The van der Waals surface area contributed by atoms with Crippen LogP contribution in [0.3, 0.4) is 0 Å². The molecule has 2 N–H and O–H groups in total. The molecule has 2 aromatic rings. The number of nitrogens with zero attached hydrogens (tertiary/aromatic N) is 3. The summed E-state index contributed by atoms with van der Waals surface area (Å²) in [4.78, 5) is 8.69. The van der Waals surface area contributed by atoms with Crippen molar-refractivity contribution in [3.05, 3.63) is 35.5 Å². The van der Waals surface area contributed by atoms with E-state index >= 15 is 0 Å². The highest BCUT2D eigenvalue weighted by Gasteiger charge is 2.06. The predicted molar refractivity (Wildman–Crippen MR) is 106 cm³/mol. The van der Waals surface area contributed by atoms with Crippen molar-refractivity contribution in [1.82, 2.24) is 20.8 Å². The smallest absolute Gasteiger partial charge is 0.246 e. The predicted octanol–water partition coefficient (Wildman–Crippen LogP) is 2.27. The second-order valence-electron chi connectivity index (χ2n) is 4.97. The van der Waals surface area contributed by atoms with E-state index < -0.39 is 0 Å². The average Bonchev–Trinajstić information content (AvgIpc) is 3.02. The Bertz CT molecular complexity index is 690. The van der Waals surface area contributed by atoms with Gasteiger partial charge in [-0.25, -0.2) is 4.99 Å². The largest absolute Gasteiger partial charge is 0.493 e. The summed E-state index contributed by atoms with van der Waals surface area (Å²) in [5.41, 5.74) is 1.01. The summed E-state index contributed by atoms with van der Waals surface area (Å²) in [5.74, 6) is 3.18. The number of halogens is 1. The molecule has 1 aromatic carbocycles. The van der Waals surface area contributed by atoms with Crippen molar-refractivity contribution in [2.24, 2.45) is 4.99 Å². The Morgan fingerprint density at radius 3 is 2.56 bits per heavy atom. The fourth-order valence-corrected chi connectivity index (χ4v) is 2.06. The quantitative estimate of drug-likeness (QED) is 0.371. The topological polar surface area (TPSA) is 93.8 Å². The van der Waals surface area contributed by atoms with Crippen molar-refractivity contribution in [2.75, 3.05) is 20.8 Å². The molecule has 1 heterocycles. The van der Waals surface area contributed by atoms with Gasteiger partial charge in [0.25, 0.3) is 0 Å². The maximum atomic E-state index is 5.31. The van der Waals surface area contributed by atoms with Crippen molar-refractivity contribution < 1.29 is 14.0 Å². The molecule has 0 atom stereocenters. The molecule has 2 rings (SSSR count). The number of nitrogens with one attached hydrogen (secondary N) is 2. The lowest BCUT2D eigenvalue weighted by Gasteiger charge is -2.11. The Labute approximate surface area is 164 Å². The Balaban J connectivity index is 0.00000312. The van der Waals surface area contributed by atoms with Crippen molar-refractivity contribution in [2.45, 2.75) is 26.9 Å². The summed E-state index contributed by atoms with van der Waals surface area (Å²) >= 11 is 0. The molecule has 0 saturated carbocycles. The first-order valence-electron chi connectivity index (χ1n) is 7.68. The van der Waals surface area contributed by atoms with Gasteiger partial charge in [-0.15, -0.1) is 24.0 Å². The molecule has 0 spiro atoms. The minimum atomic E-state index is 0. The molecule has 138 valence electrons. The number of guanidine groups is 1. The maximum absolute atomic E-state index is 5.31. The van der Waals surface area contributed by atoms with E-state index in [2.05, 4.69) is 25.8 Å². The average molecular weight is 461 g/mol. The molecule has 9 heteroatoms. The molecule has 8 nitrogen and oxygen atoms in total. The number of aryl methyl sites for hydroxylation is 1. The number of rotatable bonds is 7. The zero-order chi connectivity index (χ0) is 17.4. The van der Waals surface area contributed by atoms with Crippen LogP contribution in [0.1, 0.15) is 24.2 Å². The number of aromatic nitrogens is 2. The molecule has 0 unspecified atom stereocenters. The van der Waals surface area contributed by atoms with Gasteiger partial charge in [-0.1, -0.05) is 11.2 Å². The third-order valence-corrected chi connectivity index (χ3v) is 3.19. The van der Waals surface area contributed by atoms with Crippen LogP contribution in [0.2, 0.25) is 0 Å². The molecule has 0 aliphatic heterocycles.